The monoisotopic (exact) mass is 379 g/mol. The van der Waals surface area contributed by atoms with Gasteiger partial charge in [0.25, 0.3) is 0 Å². The van der Waals surface area contributed by atoms with Crippen LogP contribution in [0.3, 0.4) is 0 Å². The summed E-state index contributed by atoms with van der Waals surface area (Å²) in [4.78, 5) is 12.2. The average molecular weight is 379 g/mol. The molecule has 0 N–H and O–H groups in total. The van der Waals surface area contributed by atoms with Crippen LogP contribution in [0.5, 0.6) is 0 Å². The fraction of sp³-hybridized carbons (Fsp3) is 0.174. The van der Waals surface area contributed by atoms with Crippen LogP contribution in [0, 0.1) is 24.8 Å². The van der Waals surface area contributed by atoms with Crippen molar-refractivity contribution < 1.29 is 4.42 Å². The molecular formula is C23H17N5O. The summed E-state index contributed by atoms with van der Waals surface area (Å²) < 4.78 is 6.19. The summed E-state index contributed by atoms with van der Waals surface area (Å²) in [6.07, 6.45) is 1.67. The molecule has 0 amide bonds. The second kappa shape index (κ2) is 5.98. The summed E-state index contributed by atoms with van der Waals surface area (Å²) >= 11 is 0. The maximum absolute atomic E-state index is 9.68. The number of rotatable bonds is 1. The van der Waals surface area contributed by atoms with Crippen molar-refractivity contribution in [1.29, 1.82) is 5.26 Å². The van der Waals surface area contributed by atoms with E-state index in [1.165, 1.54) is 0 Å². The predicted molar refractivity (Wildman–Crippen MR) is 114 cm³/mol. The number of anilines is 3. The summed E-state index contributed by atoms with van der Waals surface area (Å²) in [6.45, 7) is 11.6. The molecule has 0 fully saturated rings. The Balaban J connectivity index is 1.87. The molecule has 3 heterocycles. The van der Waals surface area contributed by atoms with E-state index in [0.29, 0.717) is 17.0 Å². The Morgan fingerprint density at radius 3 is 2.79 bits per heavy atom. The second-order valence-corrected chi connectivity index (χ2v) is 7.26. The lowest BCUT2D eigenvalue weighted by molar-refractivity contribution is 0.648. The van der Waals surface area contributed by atoms with Gasteiger partial charge in [0.2, 0.25) is 5.71 Å². The van der Waals surface area contributed by atoms with Crippen molar-refractivity contribution in [3.05, 3.63) is 65.1 Å². The van der Waals surface area contributed by atoms with Crippen molar-refractivity contribution in [3.63, 3.8) is 0 Å². The molecule has 0 saturated heterocycles. The first kappa shape index (κ1) is 17.1. The Morgan fingerprint density at radius 2 is 2.03 bits per heavy atom. The zero-order chi connectivity index (χ0) is 20.3. The van der Waals surface area contributed by atoms with Crippen molar-refractivity contribution in [1.82, 2.24) is 4.98 Å². The van der Waals surface area contributed by atoms with Gasteiger partial charge in [-0.15, -0.1) is 0 Å². The minimum atomic E-state index is -0.0523. The van der Waals surface area contributed by atoms with Gasteiger partial charge in [-0.05, 0) is 43.7 Å². The van der Waals surface area contributed by atoms with Crippen LogP contribution in [0.25, 0.3) is 26.9 Å². The number of pyridine rings is 1. The maximum atomic E-state index is 9.68. The molecular weight excluding hydrogens is 362 g/mol. The normalized spacial score (nSPS) is 15.6. The molecule has 140 valence electrons. The van der Waals surface area contributed by atoms with Gasteiger partial charge in [-0.3, -0.25) is 0 Å². The van der Waals surface area contributed by atoms with Crippen LogP contribution in [0.4, 0.5) is 22.7 Å². The van der Waals surface area contributed by atoms with Crippen LogP contribution in [0.2, 0.25) is 0 Å². The Morgan fingerprint density at radius 1 is 1.21 bits per heavy atom. The van der Waals surface area contributed by atoms with E-state index >= 15 is 0 Å². The molecule has 2 aromatic carbocycles. The van der Waals surface area contributed by atoms with E-state index in [4.69, 9.17) is 11.0 Å². The highest BCUT2D eigenvalue weighted by Gasteiger charge is 2.36. The van der Waals surface area contributed by atoms with Crippen LogP contribution in [-0.2, 0) is 0 Å². The topological polar surface area (TPSA) is 60.7 Å². The highest BCUT2D eigenvalue weighted by molar-refractivity contribution is 6.10. The van der Waals surface area contributed by atoms with Crippen LogP contribution < -0.4 is 9.80 Å². The van der Waals surface area contributed by atoms with Crippen molar-refractivity contribution in [2.24, 2.45) is 0 Å². The predicted octanol–water partition coefficient (Wildman–Crippen LogP) is 5.65. The van der Waals surface area contributed by atoms with Crippen LogP contribution in [0.15, 0.2) is 47.0 Å². The fourth-order valence-corrected chi connectivity index (χ4v) is 4.24. The van der Waals surface area contributed by atoms with E-state index in [2.05, 4.69) is 44.8 Å². The van der Waals surface area contributed by atoms with E-state index in [1.807, 2.05) is 32.2 Å². The zero-order valence-electron chi connectivity index (χ0n) is 16.3. The highest BCUT2D eigenvalue weighted by Crippen LogP contribution is 2.50. The van der Waals surface area contributed by atoms with Crippen molar-refractivity contribution >= 4 is 44.8 Å². The molecule has 1 atom stereocenters. The molecule has 29 heavy (non-hydrogen) atoms. The number of aryl methyl sites for hydroxylation is 1. The molecule has 6 nitrogen and oxygen atoms in total. The zero-order valence-corrected chi connectivity index (χ0v) is 16.3. The lowest BCUT2D eigenvalue weighted by atomic mass is 10.1. The first-order chi connectivity index (χ1) is 14.0. The van der Waals surface area contributed by atoms with E-state index < -0.39 is 0 Å². The number of aromatic nitrogens is 1. The van der Waals surface area contributed by atoms with Gasteiger partial charge in [-0.25, -0.2) is 9.83 Å². The smallest absolute Gasteiger partial charge is 0.227 e. The third kappa shape index (κ3) is 2.23. The third-order valence-electron chi connectivity index (χ3n) is 5.70. The van der Waals surface area contributed by atoms with Gasteiger partial charge in [-0.2, -0.15) is 5.26 Å². The van der Waals surface area contributed by atoms with Crippen LogP contribution >= 0.6 is 0 Å². The fourth-order valence-electron chi connectivity index (χ4n) is 4.24. The van der Waals surface area contributed by atoms with Gasteiger partial charge in [0.15, 0.2) is 11.3 Å². The lowest BCUT2D eigenvalue weighted by Gasteiger charge is -2.29. The summed E-state index contributed by atoms with van der Waals surface area (Å²) in [7, 11) is 1.97. The first-order valence-electron chi connectivity index (χ1n) is 9.29. The summed E-state index contributed by atoms with van der Waals surface area (Å²) in [5.41, 5.74) is 5.97. The second-order valence-electron chi connectivity index (χ2n) is 7.26. The summed E-state index contributed by atoms with van der Waals surface area (Å²) in [5, 5.41) is 11.6. The average Bonchev–Trinajstić information content (AvgIpc) is 3.23. The van der Waals surface area contributed by atoms with Gasteiger partial charge in [0.05, 0.1) is 29.2 Å². The van der Waals surface area contributed by atoms with Gasteiger partial charge in [-0.1, -0.05) is 12.1 Å². The molecule has 0 bridgehead atoms. The summed E-state index contributed by atoms with van der Waals surface area (Å²) in [5.74, 6) is 0. The lowest BCUT2D eigenvalue weighted by Crippen LogP contribution is -2.36. The SMILES string of the molecule is [C-]#[N+]c1cc(C#N)c2c(c1)N(c1c(C)ccc3c1oc1ncccc13)[C@@H](C)N2C. The van der Waals surface area contributed by atoms with Crippen molar-refractivity contribution in [2.75, 3.05) is 16.8 Å². The van der Waals surface area contributed by atoms with Gasteiger partial charge < -0.3 is 14.2 Å². The van der Waals surface area contributed by atoms with Gasteiger partial charge in [0, 0.05) is 24.0 Å². The number of nitrogens with zero attached hydrogens (tertiary/aromatic N) is 5. The minimum absolute atomic E-state index is 0.0523. The molecule has 1 aliphatic heterocycles. The number of fused-ring (bicyclic) bond motifs is 4. The molecule has 1 aliphatic rings. The molecule has 2 aromatic heterocycles. The molecule has 0 radical (unpaired) electrons. The molecule has 4 aromatic rings. The largest absolute Gasteiger partial charge is 0.435 e. The minimum Gasteiger partial charge on any atom is -0.435 e. The number of hydrogen-bond donors (Lipinski definition) is 0. The number of benzene rings is 2. The van der Waals surface area contributed by atoms with Crippen molar-refractivity contribution in [2.45, 2.75) is 20.0 Å². The Bertz CT molecular complexity index is 1390. The quantitative estimate of drug-likeness (QED) is 0.400. The van der Waals surface area contributed by atoms with E-state index in [9.17, 15) is 5.26 Å². The molecule has 6 heteroatoms. The maximum Gasteiger partial charge on any atom is 0.227 e. The number of furan rings is 1. The Kier molecular flexibility index (Phi) is 3.53. The number of hydrogen-bond acceptors (Lipinski definition) is 5. The van der Waals surface area contributed by atoms with E-state index in [0.717, 1.165) is 39.0 Å². The Hall–Kier alpha value is -4.03. The number of nitriles is 1. The van der Waals surface area contributed by atoms with Gasteiger partial charge in [0.1, 0.15) is 12.2 Å². The molecule has 0 aliphatic carbocycles. The highest BCUT2D eigenvalue weighted by atomic mass is 16.3. The van der Waals surface area contributed by atoms with Crippen LogP contribution in [0.1, 0.15) is 18.1 Å². The standard InChI is InChI=1S/C23H17N5O/c1-13-7-8-17-18-6-5-9-26-23(18)29-22(17)20(13)28-14(2)27(4)21-15(12-24)10-16(25-3)11-19(21)28/h5-11,14H,1-2,4H3/t14-/m0/s1. The molecule has 0 saturated carbocycles. The van der Waals surface area contributed by atoms with Gasteiger partial charge >= 0.3 is 0 Å². The molecule has 5 rings (SSSR count). The summed E-state index contributed by atoms with van der Waals surface area (Å²) in [6, 6.07) is 13.8. The third-order valence-corrected chi connectivity index (χ3v) is 5.70. The van der Waals surface area contributed by atoms with E-state index in [-0.39, 0.29) is 6.17 Å². The first-order valence-corrected chi connectivity index (χ1v) is 9.29. The molecule has 0 unspecified atom stereocenters. The molecule has 0 spiro atoms. The Labute approximate surface area is 168 Å². The van der Waals surface area contributed by atoms with Crippen molar-refractivity contribution in [3.8, 4) is 6.07 Å². The van der Waals surface area contributed by atoms with E-state index in [1.54, 1.807) is 12.3 Å². The van der Waals surface area contributed by atoms with Crippen LogP contribution in [-0.4, -0.2) is 18.2 Å².